The monoisotopic (exact) mass is 161 g/mol. The van der Waals surface area contributed by atoms with Gasteiger partial charge >= 0.3 is 0 Å². The van der Waals surface area contributed by atoms with Crippen LogP contribution in [0, 0.1) is 6.92 Å². The Balaban J connectivity index is 4.18. The van der Waals surface area contributed by atoms with Crippen molar-refractivity contribution in [2.75, 3.05) is 6.26 Å². The molecule has 0 saturated carbocycles. The lowest BCUT2D eigenvalue weighted by Crippen LogP contribution is -1.90. The van der Waals surface area contributed by atoms with Gasteiger partial charge in [-0.2, -0.15) is 0 Å². The van der Waals surface area contributed by atoms with Gasteiger partial charge < -0.3 is 0 Å². The first kappa shape index (κ1) is 9.69. The molecular weight excluding hydrogens is 148 g/mol. The van der Waals surface area contributed by atoms with E-state index < -0.39 is 9.84 Å². The van der Waals surface area contributed by atoms with E-state index >= 15 is 0 Å². The summed E-state index contributed by atoms with van der Waals surface area (Å²) >= 11 is 0. The van der Waals surface area contributed by atoms with Gasteiger partial charge in [0, 0.05) is 11.7 Å². The van der Waals surface area contributed by atoms with Crippen molar-refractivity contribution in [3.8, 4) is 0 Å². The van der Waals surface area contributed by atoms with E-state index in [1.807, 2.05) is 0 Å². The third-order valence-electron chi connectivity index (χ3n) is 0.986. The zero-order valence-corrected chi connectivity index (χ0v) is 7.24. The van der Waals surface area contributed by atoms with Crippen LogP contribution < -0.4 is 0 Å². The summed E-state index contributed by atoms with van der Waals surface area (Å²) in [4.78, 5) is 0. The van der Waals surface area contributed by atoms with Gasteiger partial charge in [0.15, 0.2) is 9.84 Å². The van der Waals surface area contributed by atoms with Gasteiger partial charge in [-0.15, -0.1) is 0 Å². The maximum Gasteiger partial charge on any atom is 0.168 e. The second-order valence-electron chi connectivity index (χ2n) is 2.40. The summed E-state index contributed by atoms with van der Waals surface area (Å²) in [5.41, 5.74) is 0.873. The third-order valence-corrected chi connectivity index (χ3v) is 1.82. The van der Waals surface area contributed by atoms with Crippen molar-refractivity contribution < 1.29 is 8.42 Å². The Labute approximate surface area is 62.9 Å². The van der Waals surface area contributed by atoms with E-state index in [1.165, 1.54) is 11.7 Å². The van der Waals surface area contributed by atoms with Gasteiger partial charge in [-0.1, -0.05) is 12.5 Å². The Morgan fingerprint density at radius 1 is 1.60 bits per heavy atom. The van der Waals surface area contributed by atoms with E-state index in [9.17, 15) is 8.42 Å². The van der Waals surface area contributed by atoms with Crippen molar-refractivity contribution in [1.29, 1.82) is 0 Å². The molecule has 0 unspecified atom stereocenters. The predicted octanol–water partition coefficient (Wildman–Crippen LogP) is 1.55. The highest BCUT2D eigenvalue weighted by atomic mass is 32.2. The number of rotatable bonds is 3. The van der Waals surface area contributed by atoms with Crippen molar-refractivity contribution in [3.05, 3.63) is 17.9 Å². The fraction of sp³-hybridized carbons (Fsp3) is 0.571. The van der Waals surface area contributed by atoms with Crippen LogP contribution in [0.25, 0.3) is 0 Å². The average Bonchev–Trinajstić information content (AvgIpc) is 1.59. The van der Waals surface area contributed by atoms with Crippen molar-refractivity contribution in [1.82, 2.24) is 0 Å². The Hall–Kier alpha value is -0.310. The highest BCUT2D eigenvalue weighted by Crippen LogP contribution is 2.04. The van der Waals surface area contributed by atoms with Crippen LogP contribution in [-0.4, -0.2) is 14.7 Å². The minimum atomic E-state index is -2.94. The van der Waals surface area contributed by atoms with Gasteiger partial charge in [-0.05, 0) is 19.8 Å². The van der Waals surface area contributed by atoms with Crippen molar-refractivity contribution in [2.45, 2.75) is 19.8 Å². The summed E-state index contributed by atoms with van der Waals surface area (Å²) < 4.78 is 21.2. The zero-order chi connectivity index (χ0) is 8.20. The molecule has 0 spiro atoms. The molecule has 0 aliphatic heterocycles. The molecule has 0 amide bonds. The molecule has 0 N–H and O–H groups in total. The maximum atomic E-state index is 10.6. The average molecular weight is 161 g/mol. The van der Waals surface area contributed by atoms with Crippen LogP contribution in [0.5, 0.6) is 0 Å². The first-order valence-electron chi connectivity index (χ1n) is 3.12. The summed E-state index contributed by atoms with van der Waals surface area (Å²) in [6, 6.07) is 0. The van der Waals surface area contributed by atoms with Crippen LogP contribution >= 0.6 is 0 Å². The number of sulfone groups is 1. The molecule has 10 heavy (non-hydrogen) atoms. The molecule has 0 aliphatic carbocycles. The molecule has 0 fully saturated rings. The lowest BCUT2D eigenvalue weighted by Gasteiger charge is -1.94. The second-order valence-corrected chi connectivity index (χ2v) is 4.29. The molecule has 0 bridgehead atoms. The Kier molecular flexibility index (Phi) is 3.64. The first-order valence-corrected chi connectivity index (χ1v) is 5.07. The van der Waals surface area contributed by atoms with E-state index in [1.54, 1.807) is 6.92 Å². The summed E-state index contributed by atoms with van der Waals surface area (Å²) in [7, 11) is -2.94. The number of allylic oxidation sites excluding steroid dienone is 1. The Morgan fingerprint density at radius 3 is 2.40 bits per heavy atom. The van der Waals surface area contributed by atoms with Gasteiger partial charge in [0.2, 0.25) is 0 Å². The van der Waals surface area contributed by atoms with Crippen LogP contribution in [0.3, 0.4) is 0 Å². The fourth-order valence-electron chi connectivity index (χ4n) is 0.703. The molecule has 0 atom stereocenters. The van der Waals surface area contributed by atoms with Gasteiger partial charge in [0.05, 0.1) is 0 Å². The van der Waals surface area contributed by atoms with Gasteiger partial charge in [-0.3, -0.25) is 0 Å². The highest BCUT2D eigenvalue weighted by molar-refractivity contribution is 7.93. The molecule has 59 valence electrons. The van der Waals surface area contributed by atoms with E-state index in [0.717, 1.165) is 18.4 Å². The normalized spacial score (nSPS) is 13.7. The lowest BCUT2D eigenvalue weighted by molar-refractivity contribution is 0.609. The predicted molar refractivity (Wildman–Crippen MR) is 43.2 cm³/mol. The van der Waals surface area contributed by atoms with Crippen LogP contribution in [0.1, 0.15) is 19.8 Å². The molecule has 1 radical (unpaired) electrons. The highest BCUT2D eigenvalue weighted by Gasteiger charge is 1.96. The second kappa shape index (κ2) is 3.76. The molecule has 0 heterocycles. The smallest absolute Gasteiger partial charge is 0.168 e. The molecule has 0 aliphatic rings. The van der Waals surface area contributed by atoms with Crippen molar-refractivity contribution in [2.24, 2.45) is 0 Å². The van der Waals surface area contributed by atoms with Gasteiger partial charge in [-0.25, -0.2) is 8.42 Å². The maximum absolute atomic E-state index is 10.6. The van der Waals surface area contributed by atoms with Crippen LogP contribution in [0.4, 0.5) is 0 Å². The molecule has 0 aromatic heterocycles. The topological polar surface area (TPSA) is 34.1 Å². The summed E-state index contributed by atoms with van der Waals surface area (Å²) in [6.45, 7) is 5.42. The molecular formula is C7H13O2S. The summed E-state index contributed by atoms with van der Waals surface area (Å²) in [6.07, 6.45) is 2.70. The molecule has 0 aromatic carbocycles. The molecule has 0 aromatic rings. The molecule has 0 saturated heterocycles. The van der Waals surface area contributed by atoms with Crippen LogP contribution in [-0.2, 0) is 9.84 Å². The van der Waals surface area contributed by atoms with E-state index in [4.69, 9.17) is 0 Å². The first-order chi connectivity index (χ1) is 4.45. The van der Waals surface area contributed by atoms with E-state index in [-0.39, 0.29) is 0 Å². The molecule has 2 nitrogen and oxygen atoms in total. The minimum absolute atomic E-state index is 0.748. The quantitative estimate of drug-likeness (QED) is 0.629. The molecule has 0 rings (SSSR count). The standard InChI is InChI=1S/C7H13O2S/c1-4-5-7(2)6-10(3,8)9/h6H,1,4-5H2,2-3H3. The number of hydrogen-bond donors (Lipinski definition) is 0. The van der Waals surface area contributed by atoms with Gasteiger partial charge in [0.25, 0.3) is 0 Å². The van der Waals surface area contributed by atoms with E-state index in [2.05, 4.69) is 6.92 Å². The fourth-order valence-corrected chi connectivity index (χ4v) is 1.55. The SMILES string of the molecule is [CH2]CCC(C)=CS(C)(=O)=O. The Morgan fingerprint density at radius 2 is 2.10 bits per heavy atom. The Bertz CT molecular complexity index is 212. The van der Waals surface area contributed by atoms with Crippen LogP contribution in [0.15, 0.2) is 11.0 Å². The summed E-state index contributed by atoms with van der Waals surface area (Å²) in [5.74, 6) is 0. The number of hydrogen-bond acceptors (Lipinski definition) is 2. The van der Waals surface area contributed by atoms with Gasteiger partial charge in [0.1, 0.15) is 0 Å². The van der Waals surface area contributed by atoms with Crippen LogP contribution in [0.2, 0.25) is 0 Å². The summed E-state index contributed by atoms with van der Waals surface area (Å²) in [5, 5.41) is 1.29. The van der Waals surface area contributed by atoms with E-state index in [0.29, 0.717) is 0 Å². The van der Waals surface area contributed by atoms with Crippen molar-refractivity contribution in [3.63, 3.8) is 0 Å². The van der Waals surface area contributed by atoms with Crippen molar-refractivity contribution >= 4 is 9.84 Å². The zero-order valence-electron chi connectivity index (χ0n) is 6.42. The third kappa shape index (κ3) is 5.82. The minimum Gasteiger partial charge on any atom is -0.225 e. The lowest BCUT2D eigenvalue weighted by atomic mass is 10.2. The largest absolute Gasteiger partial charge is 0.225 e. The molecule has 3 heteroatoms.